The monoisotopic (exact) mass is 322 g/mol. The van der Waals surface area contributed by atoms with Crippen molar-refractivity contribution < 1.29 is 9.50 Å². The van der Waals surface area contributed by atoms with Crippen LogP contribution in [0, 0.1) is 19.7 Å². The summed E-state index contributed by atoms with van der Waals surface area (Å²) in [5.41, 5.74) is 3.76. The molecule has 1 atom stereocenters. The molecule has 0 heterocycles. The first-order valence-corrected chi connectivity index (χ1v) is 6.96. The first-order chi connectivity index (χ1) is 8.97. The van der Waals surface area contributed by atoms with Crippen LogP contribution in [0.5, 0.6) is 0 Å². The average molecular weight is 323 g/mol. The summed E-state index contributed by atoms with van der Waals surface area (Å²) in [5.74, 6) is -0.264. The van der Waals surface area contributed by atoms with Crippen LogP contribution < -0.4 is 0 Å². The van der Waals surface area contributed by atoms with E-state index in [1.807, 2.05) is 32.0 Å². The molecule has 1 N–H and O–H groups in total. The fourth-order valence-electron chi connectivity index (χ4n) is 2.06. The molecule has 0 aliphatic rings. The van der Waals surface area contributed by atoms with E-state index in [1.165, 1.54) is 12.1 Å². The van der Waals surface area contributed by atoms with Crippen LogP contribution in [0.2, 0.25) is 0 Å². The minimum atomic E-state index is -0.618. The van der Waals surface area contributed by atoms with E-state index in [0.717, 1.165) is 26.7 Å². The first kappa shape index (κ1) is 14.2. The van der Waals surface area contributed by atoms with Gasteiger partial charge in [0, 0.05) is 10.9 Å². The molecule has 2 rings (SSSR count). The molecule has 0 aliphatic heterocycles. The quantitative estimate of drug-likeness (QED) is 0.883. The van der Waals surface area contributed by atoms with E-state index in [1.54, 1.807) is 6.07 Å². The molecule has 19 heavy (non-hydrogen) atoms. The minimum absolute atomic E-state index is 0.264. The summed E-state index contributed by atoms with van der Waals surface area (Å²) in [4.78, 5) is 0. The third kappa shape index (κ3) is 3.43. The summed E-state index contributed by atoms with van der Waals surface area (Å²) >= 11 is 3.44. The number of hydrogen-bond acceptors (Lipinski definition) is 1. The fraction of sp³-hybridized carbons (Fsp3) is 0.250. The van der Waals surface area contributed by atoms with Gasteiger partial charge in [-0.2, -0.15) is 0 Å². The van der Waals surface area contributed by atoms with Crippen molar-refractivity contribution in [2.45, 2.75) is 26.4 Å². The van der Waals surface area contributed by atoms with E-state index in [2.05, 4.69) is 15.9 Å². The largest absolute Gasteiger partial charge is 0.388 e. The Bertz CT molecular complexity index is 595. The zero-order chi connectivity index (χ0) is 14.0. The van der Waals surface area contributed by atoms with E-state index in [0.29, 0.717) is 6.42 Å². The van der Waals surface area contributed by atoms with Crippen molar-refractivity contribution in [3.8, 4) is 0 Å². The Hall–Kier alpha value is -1.19. The Kier molecular flexibility index (Phi) is 4.38. The van der Waals surface area contributed by atoms with Crippen molar-refractivity contribution in [3.63, 3.8) is 0 Å². The second kappa shape index (κ2) is 5.85. The maximum atomic E-state index is 13.2. The molecule has 0 bridgehead atoms. The predicted molar refractivity (Wildman–Crippen MR) is 78.7 cm³/mol. The Labute approximate surface area is 121 Å². The second-order valence-electron chi connectivity index (χ2n) is 4.80. The smallest absolute Gasteiger partial charge is 0.123 e. The van der Waals surface area contributed by atoms with Crippen LogP contribution in [0.25, 0.3) is 0 Å². The number of aliphatic hydroxyl groups is 1. The molecule has 1 nitrogen and oxygen atoms in total. The maximum Gasteiger partial charge on any atom is 0.123 e. The van der Waals surface area contributed by atoms with Gasteiger partial charge in [0.25, 0.3) is 0 Å². The van der Waals surface area contributed by atoms with Crippen LogP contribution >= 0.6 is 15.9 Å². The molecule has 2 aromatic carbocycles. The molecule has 0 aliphatic carbocycles. The first-order valence-electron chi connectivity index (χ1n) is 6.16. The molecule has 0 spiro atoms. The summed E-state index contributed by atoms with van der Waals surface area (Å²) in [6.45, 7) is 3.90. The third-order valence-corrected chi connectivity index (χ3v) is 4.18. The van der Waals surface area contributed by atoms with Crippen molar-refractivity contribution in [2.75, 3.05) is 0 Å². The van der Waals surface area contributed by atoms with Gasteiger partial charge in [0.15, 0.2) is 0 Å². The highest BCUT2D eigenvalue weighted by atomic mass is 79.9. The van der Waals surface area contributed by atoms with E-state index in [9.17, 15) is 9.50 Å². The van der Waals surface area contributed by atoms with E-state index < -0.39 is 6.10 Å². The Morgan fingerprint density at radius 2 is 1.84 bits per heavy atom. The van der Waals surface area contributed by atoms with Crippen LogP contribution in [-0.2, 0) is 6.42 Å². The molecular weight excluding hydrogens is 307 g/mol. The van der Waals surface area contributed by atoms with Gasteiger partial charge in [0.1, 0.15) is 5.82 Å². The van der Waals surface area contributed by atoms with Gasteiger partial charge in [0.2, 0.25) is 0 Å². The van der Waals surface area contributed by atoms with Crippen LogP contribution in [0.15, 0.2) is 40.9 Å². The van der Waals surface area contributed by atoms with Gasteiger partial charge in [-0.15, -0.1) is 0 Å². The molecule has 100 valence electrons. The van der Waals surface area contributed by atoms with Gasteiger partial charge in [0.05, 0.1) is 6.10 Å². The fourth-order valence-corrected chi connectivity index (χ4v) is 2.31. The lowest BCUT2D eigenvalue weighted by molar-refractivity contribution is 0.178. The SMILES string of the molecule is Cc1cc(C(O)Cc2cc(F)ccc2C)ccc1Br. The van der Waals surface area contributed by atoms with Crippen LogP contribution in [0.1, 0.15) is 28.4 Å². The molecule has 0 saturated heterocycles. The summed E-state index contributed by atoms with van der Waals surface area (Å²) in [7, 11) is 0. The van der Waals surface area contributed by atoms with Crippen molar-refractivity contribution in [3.05, 3.63) is 68.9 Å². The predicted octanol–water partition coefficient (Wildman–Crippen LogP) is 4.48. The van der Waals surface area contributed by atoms with E-state index >= 15 is 0 Å². The summed E-state index contributed by atoms with van der Waals surface area (Å²) < 4.78 is 14.2. The zero-order valence-corrected chi connectivity index (χ0v) is 12.5. The van der Waals surface area contributed by atoms with Crippen molar-refractivity contribution >= 4 is 15.9 Å². The lowest BCUT2D eigenvalue weighted by Gasteiger charge is -2.14. The van der Waals surface area contributed by atoms with Gasteiger partial charge in [-0.3, -0.25) is 0 Å². The highest BCUT2D eigenvalue weighted by Gasteiger charge is 2.11. The summed E-state index contributed by atoms with van der Waals surface area (Å²) in [6.07, 6.45) is -0.197. The van der Waals surface area contributed by atoms with Gasteiger partial charge in [-0.05, 0) is 54.3 Å². The second-order valence-corrected chi connectivity index (χ2v) is 5.65. The van der Waals surface area contributed by atoms with Gasteiger partial charge >= 0.3 is 0 Å². The van der Waals surface area contributed by atoms with Gasteiger partial charge in [-0.25, -0.2) is 4.39 Å². The van der Waals surface area contributed by atoms with Crippen LogP contribution in [0.3, 0.4) is 0 Å². The van der Waals surface area contributed by atoms with E-state index in [4.69, 9.17) is 0 Å². The lowest BCUT2D eigenvalue weighted by Crippen LogP contribution is -2.04. The molecule has 0 aromatic heterocycles. The summed E-state index contributed by atoms with van der Waals surface area (Å²) in [6, 6.07) is 10.4. The lowest BCUT2D eigenvalue weighted by atomic mass is 9.97. The number of benzene rings is 2. The number of halogens is 2. The van der Waals surface area contributed by atoms with Crippen molar-refractivity contribution in [2.24, 2.45) is 0 Å². The molecule has 2 aromatic rings. The topological polar surface area (TPSA) is 20.2 Å². The number of aliphatic hydroxyl groups excluding tert-OH is 1. The van der Waals surface area contributed by atoms with Crippen molar-refractivity contribution in [1.29, 1.82) is 0 Å². The Balaban J connectivity index is 2.22. The molecular formula is C16H16BrFO. The molecule has 3 heteroatoms. The minimum Gasteiger partial charge on any atom is -0.388 e. The number of hydrogen-bond donors (Lipinski definition) is 1. The van der Waals surface area contributed by atoms with E-state index in [-0.39, 0.29) is 5.82 Å². The van der Waals surface area contributed by atoms with Gasteiger partial charge in [-0.1, -0.05) is 34.1 Å². The molecule has 0 saturated carbocycles. The standard InChI is InChI=1S/C16H16BrFO/c1-10-3-5-14(18)8-13(10)9-16(19)12-4-6-15(17)11(2)7-12/h3-8,16,19H,9H2,1-2H3. The Morgan fingerprint density at radius 3 is 2.53 bits per heavy atom. The van der Waals surface area contributed by atoms with Gasteiger partial charge < -0.3 is 5.11 Å². The van der Waals surface area contributed by atoms with Crippen LogP contribution in [0.4, 0.5) is 4.39 Å². The third-order valence-electron chi connectivity index (χ3n) is 3.29. The number of aryl methyl sites for hydroxylation is 2. The maximum absolute atomic E-state index is 13.2. The highest BCUT2D eigenvalue weighted by Crippen LogP contribution is 2.25. The zero-order valence-electron chi connectivity index (χ0n) is 11.0. The van der Waals surface area contributed by atoms with Crippen LogP contribution in [-0.4, -0.2) is 5.11 Å². The molecule has 0 amide bonds. The summed E-state index contributed by atoms with van der Waals surface area (Å²) in [5, 5.41) is 10.3. The normalized spacial score (nSPS) is 12.5. The average Bonchev–Trinajstić information content (AvgIpc) is 2.37. The molecule has 1 unspecified atom stereocenters. The highest BCUT2D eigenvalue weighted by molar-refractivity contribution is 9.10. The van der Waals surface area contributed by atoms with Crippen molar-refractivity contribution in [1.82, 2.24) is 0 Å². The molecule has 0 fully saturated rings. The number of rotatable bonds is 3. The Morgan fingerprint density at radius 1 is 1.11 bits per heavy atom. The molecule has 0 radical (unpaired) electrons.